The molecule has 0 aromatic carbocycles. The van der Waals surface area contributed by atoms with E-state index >= 15 is 0 Å². The van der Waals surface area contributed by atoms with Crippen molar-refractivity contribution >= 4 is 5.91 Å². The number of carbonyl (C=O) groups excluding carboxylic acids is 1. The van der Waals surface area contributed by atoms with Crippen molar-refractivity contribution in [3.63, 3.8) is 0 Å². The molecule has 0 bridgehead atoms. The Balaban J connectivity index is 1.75. The summed E-state index contributed by atoms with van der Waals surface area (Å²) in [6.07, 6.45) is 5.17. The number of hydrogen-bond donors (Lipinski definition) is 1. The highest BCUT2D eigenvalue weighted by Gasteiger charge is 2.30. The minimum Gasteiger partial charge on any atom is -0.447 e. The Morgan fingerprint density at radius 3 is 2.68 bits per heavy atom. The van der Waals surface area contributed by atoms with Crippen molar-refractivity contribution in [2.24, 2.45) is 5.41 Å². The summed E-state index contributed by atoms with van der Waals surface area (Å²) >= 11 is 0. The molecule has 0 radical (unpaired) electrons. The Morgan fingerprint density at radius 2 is 2.16 bits per heavy atom. The molecule has 5 nitrogen and oxygen atoms in total. The number of nitrogens with one attached hydrogen (secondary N) is 1. The van der Waals surface area contributed by atoms with Crippen molar-refractivity contribution in [3.8, 4) is 0 Å². The van der Waals surface area contributed by atoms with Gasteiger partial charge in [-0.05, 0) is 12.8 Å². The molecule has 1 amide bonds. The van der Waals surface area contributed by atoms with E-state index in [9.17, 15) is 4.79 Å². The minimum absolute atomic E-state index is 0.251. The highest BCUT2D eigenvalue weighted by atomic mass is 16.3. The third-order valence-corrected chi connectivity index (χ3v) is 3.47. The molecule has 0 aliphatic carbocycles. The molecule has 0 unspecified atom stereocenters. The summed E-state index contributed by atoms with van der Waals surface area (Å²) in [6.45, 7) is 8.31. The molecular formula is C14H23N3O2. The van der Waals surface area contributed by atoms with Crippen molar-refractivity contribution in [1.29, 1.82) is 0 Å². The second-order valence-corrected chi connectivity index (χ2v) is 6.17. The molecule has 5 heteroatoms. The van der Waals surface area contributed by atoms with E-state index in [1.165, 1.54) is 6.39 Å². The average molecular weight is 265 g/mol. The smallest absolute Gasteiger partial charge is 0.227 e. The molecule has 1 aliphatic heterocycles. The quantitative estimate of drug-likeness (QED) is 0.905. The van der Waals surface area contributed by atoms with Crippen LogP contribution in [0, 0.1) is 5.41 Å². The van der Waals surface area contributed by atoms with Gasteiger partial charge in [0.15, 0.2) is 6.39 Å². The highest BCUT2D eigenvalue weighted by Crippen LogP contribution is 2.21. The van der Waals surface area contributed by atoms with Gasteiger partial charge in [-0.3, -0.25) is 4.79 Å². The SMILES string of the molecule is CC(C)(C)C(=O)N1CCC(NCc2cnco2)CC1. The summed E-state index contributed by atoms with van der Waals surface area (Å²) in [4.78, 5) is 18.0. The fraction of sp³-hybridized carbons (Fsp3) is 0.714. The maximum atomic E-state index is 12.2. The van der Waals surface area contributed by atoms with Crippen LogP contribution in [0.5, 0.6) is 0 Å². The Hall–Kier alpha value is -1.36. The summed E-state index contributed by atoms with van der Waals surface area (Å²) < 4.78 is 5.19. The van der Waals surface area contributed by atoms with E-state index in [1.54, 1.807) is 6.20 Å². The van der Waals surface area contributed by atoms with Gasteiger partial charge in [0.25, 0.3) is 0 Å². The minimum atomic E-state index is -0.278. The lowest BCUT2D eigenvalue weighted by Crippen LogP contribution is -2.48. The van der Waals surface area contributed by atoms with E-state index in [2.05, 4.69) is 10.3 Å². The van der Waals surface area contributed by atoms with Gasteiger partial charge < -0.3 is 14.6 Å². The summed E-state index contributed by atoms with van der Waals surface area (Å²) in [7, 11) is 0. The standard InChI is InChI=1S/C14H23N3O2/c1-14(2,3)13(18)17-6-4-11(5-7-17)16-9-12-8-15-10-19-12/h8,10-11,16H,4-7,9H2,1-3H3. The zero-order valence-corrected chi connectivity index (χ0v) is 12.0. The van der Waals surface area contributed by atoms with E-state index in [0.717, 1.165) is 31.7 Å². The first-order valence-corrected chi connectivity index (χ1v) is 6.87. The van der Waals surface area contributed by atoms with Crippen molar-refractivity contribution in [1.82, 2.24) is 15.2 Å². The van der Waals surface area contributed by atoms with Crippen molar-refractivity contribution in [2.75, 3.05) is 13.1 Å². The second-order valence-electron chi connectivity index (χ2n) is 6.17. The normalized spacial score (nSPS) is 17.7. The highest BCUT2D eigenvalue weighted by molar-refractivity contribution is 5.81. The number of hydrogen-bond acceptors (Lipinski definition) is 4. The number of amides is 1. The molecule has 1 aromatic heterocycles. The van der Waals surface area contributed by atoms with Crippen LogP contribution in [0.3, 0.4) is 0 Å². The van der Waals surface area contributed by atoms with E-state index < -0.39 is 0 Å². The van der Waals surface area contributed by atoms with Gasteiger partial charge in [0.05, 0.1) is 12.7 Å². The van der Waals surface area contributed by atoms with Crippen LogP contribution in [0.2, 0.25) is 0 Å². The van der Waals surface area contributed by atoms with Gasteiger partial charge in [0.1, 0.15) is 5.76 Å². The molecule has 1 saturated heterocycles. The topological polar surface area (TPSA) is 58.4 Å². The monoisotopic (exact) mass is 265 g/mol. The predicted molar refractivity (Wildman–Crippen MR) is 72.4 cm³/mol. The molecule has 2 heterocycles. The molecule has 1 N–H and O–H groups in total. The number of carbonyl (C=O) groups is 1. The van der Waals surface area contributed by atoms with Crippen molar-refractivity contribution in [2.45, 2.75) is 46.2 Å². The fourth-order valence-corrected chi connectivity index (χ4v) is 2.34. The molecule has 106 valence electrons. The van der Waals surface area contributed by atoms with E-state index in [1.807, 2.05) is 25.7 Å². The number of piperidine rings is 1. The third-order valence-electron chi connectivity index (χ3n) is 3.47. The van der Waals surface area contributed by atoms with Crippen LogP contribution in [-0.4, -0.2) is 34.9 Å². The Kier molecular flexibility index (Phi) is 4.24. The molecule has 1 fully saturated rings. The van der Waals surface area contributed by atoms with Crippen LogP contribution >= 0.6 is 0 Å². The Labute approximate surface area is 114 Å². The van der Waals surface area contributed by atoms with E-state index in [4.69, 9.17) is 4.42 Å². The largest absolute Gasteiger partial charge is 0.447 e. The lowest BCUT2D eigenvalue weighted by molar-refractivity contribution is -0.140. The van der Waals surface area contributed by atoms with Gasteiger partial charge in [0, 0.05) is 24.5 Å². The first-order chi connectivity index (χ1) is 8.97. The van der Waals surface area contributed by atoms with Crippen LogP contribution in [-0.2, 0) is 11.3 Å². The number of rotatable bonds is 3. The second kappa shape index (κ2) is 5.74. The van der Waals surface area contributed by atoms with E-state index in [0.29, 0.717) is 12.6 Å². The number of oxazole rings is 1. The molecule has 0 atom stereocenters. The van der Waals surface area contributed by atoms with E-state index in [-0.39, 0.29) is 11.3 Å². The van der Waals surface area contributed by atoms with Crippen LogP contribution in [0.1, 0.15) is 39.4 Å². The molecule has 19 heavy (non-hydrogen) atoms. The first-order valence-electron chi connectivity index (χ1n) is 6.87. The van der Waals surface area contributed by atoms with Gasteiger partial charge in [-0.15, -0.1) is 0 Å². The Bertz CT molecular complexity index is 401. The fourth-order valence-electron chi connectivity index (χ4n) is 2.34. The molecule has 1 aliphatic rings. The van der Waals surface area contributed by atoms with Gasteiger partial charge in [-0.1, -0.05) is 20.8 Å². The van der Waals surface area contributed by atoms with Gasteiger partial charge in [0.2, 0.25) is 5.91 Å². The van der Waals surface area contributed by atoms with Crippen LogP contribution in [0.25, 0.3) is 0 Å². The average Bonchev–Trinajstić information content (AvgIpc) is 2.88. The summed E-state index contributed by atoms with van der Waals surface area (Å²) in [5, 5.41) is 3.45. The zero-order chi connectivity index (χ0) is 13.9. The number of aromatic nitrogens is 1. The first kappa shape index (κ1) is 14.1. The molecule has 2 rings (SSSR count). The number of likely N-dealkylation sites (tertiary alicyclic amines) is 1. The van der Waals surface area contributed by atoms with Crippen molar-refractivity contribution in [3.05, 3.63) is 18.4 Å². The maximum Gasteiger partial charge on any atom is 0.227 e. The summed E-state index contributed by atoms with van der Waals surface area (Å²) in [5.41, 5.74) is -0.278. The van der Waals surface area contributed by atoms with Crippen molar-refractivity contribution < 1.29 is 9.21 Å². The number of nitrogens with zero attached hydrogens (tertiary/aromatic N) is 2. The lowest BCUT2D eigenvalue weighted by atomic mass is 9.93. The maximum absolute atomic E-state index is 12.2. The summed E-state index contributed by atoms with van der Waals surface area (Å²) in [6, 6.07) is 0.453. The molecular weight excluding hydrogens is 242 g/mol. The molecule has 0 saturated carbocycles. The van der Waals surface area contributed by atoms with Crippen LogP contribution in [0.15, 0.2) is 17.0 Å². The lowest BCUT2D eigenvalue weighted by Gasteiger charge is -2.36. The summed E-state index contributed by atoms with van der Waals surface area (Å²) in [5.74, 6) is 1.11. The zero-order valence-electron chi connectivity index (χ0n) is 12.0. The Morgan fingerprint density at radius 1 is 1.47 bits per heavy atom. The van der Waals surface area contributed by atoms with Gasteiger partial charge in [-0.25, -0.2) is 4.98 Å². The van der Waals surface area contributed by atoms with Gasteiger partial charge >= 0.3 is 0 Å². The van der Waals surface area contributed by atoms with Crippen LogP contribution in [0.4, 0.5) is 0 Å². The molecule has 0 spiro atoms. The molecule has 1 aromatic rings. The predicted octanol–water partition coefficient (Wildman–Crippen LogP) is 1.80. The van der Waals surface area contributed by atoms with Gasteiger partial charge in [-0.2, -0.15) is 0 Å². The van der Waals surface area contributed by atoms with Crippen LogP contribution < -0.4 is 5.32 Å². The third kappa shape index (κ3) is 3.80.